The van der Waals surface area contributed by atoms with E-state index in [1.807, 2.05) is 12.1 Å². The van der Waals surface area contributed by atoms with Gasteiger partial charge in [-0.3, -0.25) is 0 Å². The molecule has 0 spiro atoms. The zero-order valence-electron chi connectivity index (χ0n) is 5.54. The Balaban J connectivity index is 2.90. The van der Waals surface area contributed by atoms with Gasteiger partial charge in [0, 0.05) is 6.54 Å². The van der Waals surface area contributed by atoms with Crippen LogP contribution in [0.3, 0.4) is 0 Å². The van der Waals surface area contributed by atoms with E-state index in [4.69, 9.17) is 11.3 Å². The molecule has 3 nitrogen and oxygen atoms in total. The van der Waals surface area contributed by atoms with Crippen molar-refractivity contribution in [3.05, 3.63) is 29.8 Å². The third-order valence-electron chi connectivity index (χ3n) is 1.30. The highest BCUT2D eigenvalue weighted by Gasteiger charge is 1.88. The van der Waals surface area contributed by atoms with Gasteiger partial charge in [0.25, 0.3) is 0 Å². The van der Waals surface area contributed by atoms with Crippen molar-refractivity contribution < 1.29 is 0 Å². The lowest BCUT2D eigenvalue weighted by molar-refractivity contribution is 1.07. The molecule has 0 saturated carbocycles. The summed E-state index contributed by atoms with van der Waals surface area (Å²) < 4.78 is 0. The van der Waals surface area contributed by atoms with Gasteiger partial charge in [-0.25, -0.2) is 5.53 Å². The van der Waals surface area contributed by atoms with Crippen LogP contribution in [0.15, 0.2) is 29.4 Å². The average molecular weight is 135 g/mol. The van der Waals surface area contributed by atoms with Crippen molar-refractivity contribution in [2.24, 2.45) is 10.8 Å². The first-order valence-electron chi connectivity index (χ1n) is 3.03. The molecule has 1 rings (SSSR count). The van der Waals surface area contributed by atoms with Gasteiger partial charge in [0.15, 0.2) is 0 Å². The van der Waals surface area contributed by atoms with E-state index in [1.54, 1.807) is 12.1 Å². The summed E-state index contributed by atoms with van der Waals surface area (Å²) in [5, 5.41) is 3.26. The lowest BCUT2D eigenvalue weighted by Gasteiger charge is -1.94. The minimum Gasteiger partial charge on any atom is -0.326 e. The molecule has 0 fully saturated rings. The molecule has 0 heterocycles. The van der Waals surface area contributed by atoms with Gasteiger partial charge in [0.2, 0.25) is 0 Å². The Morgan fingerprint density at radius 1 is 1.30 bits per heavy atom. The van der Waals surface area contributed by atoms with E-state index in [2.05, 4.69) is 5.11 Å². The number of hydrogen-bond donors (Lipinski definition) is 2. The molecule has 1 aromatic carbocycles. The van der Waals surface area contributed by atoms with Gasteiger partial charge < -0.3 is 5.73 Å². The van der Waals surface area contributed by atoms with Crippen molar-refractivity contribution in [1.82, 2.24) is 0 Å². The van der Waals surface area contributed by atoms with Gasteiger partial charge in [-0.05, 0) is 17.7 Å². The van der Waals surface area contributed by atoms with Gasteiger partial charge in [0.1, 0.15) is 0 Å². The first-order chi connectivity index (χ1) is 4.86. The molecule has 0 saturated heterocycles. The van der Waals surface area contributed by atoms with E-state index < -0.39 is 0 Å². The molecule has 0 aliphatic heterocycles. The molecule has 52 valence electrons. The van der Waals surface area contributed by atoms with Crippen molar-refractivity contribution in [2.45, 2.75) is 6.54 Å². The van der Waals surface area contributed by atoms with E-state index in [-0.39, 0.29) is 0 Å². The summed E-state index contributed by atoms with van der Waals surface area (Å²) in [6.45, 7) is 0.540. The van der Waals surface area contributed by atoms with Crippen LogP contribution in [0.4, 0.5) is 5.69 Å². The summed E-state index contributed by atoms with van der Waals surface area (Å²) in [6.07, 6.45) is 0. The lowest BCUT2D eigenvalue weighted by Crippen LogP contribution is -1.94. The van der Waals surface area contributed by atoms with Crippen molar-refractivity contribution in [2.75, 3.05) is 0 Å². The summed E-state index contributed by atoms with van der Waals surface area (Å²) in [6, 6.07) is 7.28. The summed E-state index contributed by atoms with van der Waals surface area (Å²) in [7, 11) is 0. The third kappa shape index (κ3) is 1.39. The average Bonchev–Trinajstić information content (AvgIpc) is 2.05. The van der Waals surface area contributed by atoms with Gasteiger partial charge in [0.05, 0.1) is 5.69 Å². The molecule has 0 unspecified atom stereocenters. The van der Waals surface area contributed by atoms with Gasteiger partial charge in [-0.2, -0.15) is 5.11 Å². The normalized spacial score (nSPS) is 9.30. The Kier molecular flexibility index (Phi) is 2.12. The summed E-state index contributed by atoms with van der Waals surface area (Å²) in [4.78, 5) is 0. The lowest BCUT2D eigenvalue weighted by atomic mass is 10.2. The molecule has 10 heavy (non-hydrogen) atoms. The van der Waals surface area contributed by atoms with E-state index in [0.29, 0.717) is 12.2 Å². The van der Waals surface area contributed by atoms with Crippen LogP contribution < -0.4 is 5.73 Å². The van der Waals surface area contributed by atoms with Crippen LogP contribution in [-0.4, -0.2) is 0 Å². The molecule has 3 N–H and O–H groups in total. The van der Waals surface area contributed by atoms with Crippen LogP contribution >= 0.6 is 0 Å². The highest BCUT2D eigenvalue weighted by atomic mass is 14.9. The van der Waals surface area contributed by atoms with Crippen molar-refractivity contribution in [1.29, 1.82) is 5.53 Å². The van der Waals surface area contributed by atoms with Gasteiger partial charge in [-0.15, -0.1) is 0 Å². The number of rotatable bonds is 2. The molecule has 0 aliphatic rings. The Labute approximate surface area is 59.4 Å². The fourth-order valence-corrected chi connectivity index (χ4v) is 0.707. The maximum Gasteiger partial charge on any atom is 0.0850 e. The molecule has 1 aromatic rings. The largest absolute Gasteiger partial charge is 0.326 e. The zero-order chi connectivity index (χ0) is 7.40. The van der Waals surface area contributed by atoms with E-state index in [1.165, 1.54) is 0 Å². The molecular formula is C7H9N3. The summed E-state index contributed by atoms with van der Waals surface area (Å²) in [5.41, 5.74) is 13.8. The molecule has 0 atom stereocenters. The molecule has 0 bridgehead atoms. The number of hydrogen-bond acceptors (Lipinski definition) is 3. The highest BCUT2D eigenvalue weighted by molar-refractivity contribution is 5.37. The maximum atomic E-state index is 6.67. The van der Waals surface area contributed by atoms with E-state index in [9.17, 15) is 0 Å². The Hall–Kier alpha value is -1.22. The van der Waals surface area contributed by atoms with Gasteiger partial charge in [-0.1, -0.05) is 12.1 Å². The van der Waals surface area contributed by atoms with Crippen LogP contribution in [0, 0.1) is 5.53 Å². The Morgan fingerprint density at radius 2 is 1.90 bits per heavy atom. The molecule has 0 amide bonds. The summed E-state index contributed by atoms with van der Waals surface area (Å²) >= 11 is 0. The number of nitrogens with one attached hydrogen (secondary N) is 1. The first kappa shape index (κ1) is 6.89. The minimum absolute atomic E-state index is 0.540. The second-order valence-corrected chi connectivity index (χ2v) is 1.98. The molecule has 3 heteroatoms. The Morgan fingerprint density at radius 3 is 2.30 bits per heavy atom. The monoisotopic (exact) mass is 135 g/mol. The van der Waals surface area contributed by atoms with Crippen molar-refractivity contribution in [3.63, 3.8) is 0 Å². The predicted molar refractivity (Wildman–Crippen MR) is 39.1 cm³/mol. The predicted octanol–water partition coefficient (Wildman–Crippen LogP) is 1.81. The van der Waals surface area contributed by atoms with E-state index >= 15 is 0 Å². The molecule has 0 aliphatic carbocycles. The molecule has 0 radical (unpaired) electrons. The second kappa shape index (κ2) is 3.08. The van der Waals surface area contributed by atoms with Crippen molar-refractivity contribution >= 4 is 5.69 Å². The number of nitrogens with two attached hydrogens (primary N) is 1. The van der Waals surface area contributed by atoms with Gasteiger partial charge >= 0.3 is 0 Å². The SMILES string of the molecule is N=Nc1ccc(CN)cc1. The number of benzene rings is 1. The fraction of sp³-hybridized carbons (Fsp3) is 0.143. The van der Waals surface area contributed by atoms with Crippen LogP contribution in [0.2, 0.25) is 0 Å². The van der Waals surface area contributed by atoms with Crippen LogP contribution in [0.25, 0.3) is 0 Å². The topological polar surface area (TPSA) is 62.2 Å². The first-order valence-corrected chi connectivity index (χ1v) is 3.03. The molecule has 0 aromatic heterocycles. The standard InChI is InChI=1S/C7H9N3/c8-5-6-1-3-7(10-9)4-2-6/h1-4,9H,5,8H2. The quantitative estimate of drug-likeness (QED) is 0.597. The smallest absolute Gasteiger partial charge is 0.0850 e. The second-order valence-electron chi connectivity index (χ2n) is 1.98. The van der Waals surface area contributed by atoms with E-state index in [0.717, 1.165) is 5.56 Å². The van der Waals surface area contributed by atoms with Crippen LogP contribution in [0.1, 0.15) is 5.56 Å². The van der Waals surface area contributed by atoms with Crippen LogP contribution in [-0.2, 0) is 6.54 Å². The molecular weight excluding hydrogens is 126 g/mol. The Bertz CT molecular complexity index is 215. The van der Waals surface area contributed by atoms with Crippen LogP contribution in [0.5, 0.6) is 0 Å². The fourth-order valence-electron chi connectivity index (χ4n) is 0.707. The summed E-state index contributed by atoms with van der Waals surface area (Å²) in [5.74, 6) is 0. The number of nitrogens with zero attached hydrogens (tertiary/aromatic N) is 1. The highest BCUT2D eigenvalue weighted by Crippen LogP contribution is 2.11. The minimum atomic E-state index is 0.540. The van der Waals surface area contributed by atoms with Crippen molar-refractivity contribution in [3.8, 4) is 0 Å². The zero-order valence-corrected chi connectivity index (χ0v) is 5.54. The maximum absolute atomic E-state index is 6.67. The third-order valence-corrected chi connectivity index (χ3v) is 1.30.